The third-order valence-corrected chi connectivity index (χ3v) is 5.03. The molecule has 0 spiro atoms. The Balaban J connectivity index is 1.47. The van der Waals surface area contributed by atoms with Gasteiger partial charge in [0.25, 0.3) is 0 Å². The average Bonchev–Trinajstić information content (AvgIpc) is 2.66. The van der Waals surface area contributed by atoms with Gasteiger partial charge in [0.1, 0.15) is 0 Å². The topological polar surface area (TPSA) is 98.7 Å². The molecule has 0 saturated heterocycles. The van der Waals surface area contributed by atoms with Crippen molar-refractivity contribution >= 4 is 22.8 Å². The lowest BCUT2D eigenvalue weighted by atomic mass is 9.86. The van der Waals surface area contributed by atoms with E-state index in [-0.39, 0.29) is 24.5 Å². The van der Waals surface area contributed by atoms with Crippen molar-refractivity contribution in [2.24, 2.45) is 5.92 Å². The normalized spacial score (nSPS) is 21.1. The summed E-state index contributed by atoms with van der Waals surface area (Å²) in [5.41, 5.74) is 0.756. The average molecular weight is 356 g/mol. The van der Waals surface area contributed by atoms with E-state index in [1.807, 2.05) is 42.5 Å². The molecule has 2 aromatic carbocycles. The van der Waals surface area contributed by atoms with E-state index in [0.717, 1.165) is 16.3 Å². The fourth-order valence-electron chi connectivity index (χ4n) is 3.44. The molecule has 0 aliphatic heterocycles. The number of carboxylic acids is 1. The molecular weight excluding hydrogens is 332 g/mol. The maximum Gasteiger partial charge on any atom is 0.315 e. The number of urea groups is 1. The monoisotopic (exact) mass is 356 g/mol. The van der Waals surface area contributed by atoms with Gasteiger partial charge in [0.15, 0.2) is 0 Å². The van der Waals surface area contributed by atoms with Gasteiger partial charge in [-0.05, 0) is 48.1 Å². The molecule has 1 atom stereocenters. The summed E-state index contributed by atoms with van der Waals surface area (Å²) >= 11 is 0. The first-order chi connectivity index (χ1) is 12.5. The van der Waals surface area contributed by atoms with Gasteiger partial charge in [-0.3, -0.25) is 4.79 Å². The molecule has 6 heteroatoms. The summed E-state index contributed by atoms with van der Waals surface area (Å²) in [4.78, 5) is 23.0. The van der Waals surface area contributed by atoms with Crippen LogP contribution in [0.2, 0.25) is 0 Å². The van der Waals surface area contributed by atoms with Gasteiger partial charge in [-0.2, -0.15) is 0 Å². The summed E-state index contributed by atoms with van der Waals surface area (Å²) in [6.45, 7) is 0.120. The highest BCUT2D eigenvalue weighted by Crippen LogP contribution is 2.24. The second-order valence-electron chi connectivity index (χ2n) is 6.86. The molecule has 2 aromatic rings. The number of carbonyl (C=O) groups is 2. The zero-order valence-corrected chi connectivity index (χ0v) is 14.5. The zero-order valence-electron chi connectivity index (χ0n) is 14.5. The number of carboxylic acid groups (broad SMARTS) is 1. The first-order valence-electron chi connectivity index (χ1n) is 8.97. The van der Waals surface area contributed by atoms with Gasteiger partial charge in [0.2, 0.25) is 0 Å². The van der Waals surface area contributed by atoms with E-state index in [0.29, 0.717) is 25.7 Å². The molecule has 0 bridgehead atoms. The Labute approximate surface area is 152 Å². The maximum absolute atomic E-state index is 12.0. The number of amides is 2. The molecule has 4 N–H and O–H groups in total. The van der Waals surface area contributed by atoms with Crippen molar-refractivity contribution in [3.63, 3.8) is 0 Å². The van der Waals surface area contributed by atoms with Crippen LogP contribution in [0.4, 0.5) is 4.79 Å². The summed E-state index contributed by atoms with van der Waals surface area (Å²) in [5.74, 6) is -1.06. The lowest BCUT2D eigenvalue weighted by Gasteiger charge is -2.27. The number of nitrogens with one attached hydrogen (secondary N) is 2. The quantitative estimate of drug-likeness (QED) is 0.662. The highest BCUT2D eigenvalue weighted by atomic mass is 16.4. The maximum atomic E-state index is 12.0. The van der Waals surface area contributed by atoms with Crippen molar-refractivity contribution in [2.75, 3.05) is 6.54 Å². The van der Waals surface area contributed by atoms with Crippen molar-refractivity contribution in [2.45, 2.75) is 37.8 Å². The molecule has 1 aliphatic rings. The first kappa shape index (κ1) is 18.2. The second kappa shape index (κ2) is 8.19. The molecule has 1 unspecified atom stereocenters. The third kappa shape index (κ3) is 4.52. The number of hydrogen-bond donors (Lipinski definition) is 4. The van der Waals surface area contributed by atoms with Gasteiger partial charge in [0.05, 0.1) is 12.0 Å². The van der Waals surface area contributed by atoms with Crippen molar-refractivity contribution in [1.29, 1.82) is 0 Å². The van der Waals surface area contributed by atoms with Crippen LogP contribution in [0.15, 0.2) is 42.5 Å². The van der Waals surface area contributed by atoms with E-state index in [9.17, 15) is 14.7 Å². The molecule has 26 heavy (non-hydrogen) atoms. The molecule has 1 saturated carbocycles. The highest BCUT2D eigenvalue weighted by Gasteiger charge is 2.26. The van der Waals surface area contributed by atoms with Crippen LogP contribution in [-0.2, 0) is 4.79 Å². The van der Waals surface area contributed by atoms with Crippen LogP contribution in [-0.4, -0.2) is 34.8 Å². The van der Waals surface area contributed by atoms with Crippen LogP contribution in [0.1, 0.15) is 37.4 Å². The number of hydrogen-bond acceptors (Lipinski definition) is 3. The lowest BCUT2D eigenvalue weighted by molar-refractivity contribution is -0.142. The fourth-order valence-corrected chi connectivity index (χ4v) is 3.44. The largest absolute Gasteiger partial charge is 0.481 e. The van der Waals surface area contributed by atoms with Crippen LogP contribution in [0.25, 0.3) is 10.8 Å². The van der Waals surface area contributed by atoms with Crippen LogP contribution in [0.5, 0.6) is 0 Å². The molecule has 0 aromatic heterocycles. The van der Waals surface area contributed by atoms with Gasteiger partial charge >= 0.3 is 12.0 Å². The minimum atomic E-state index is -0.784. The Hall–Kier alpha value is -2.60. The van der Waals surface area contributed by atoms with Crippen LogP contribution in [0.3, 0.4) is 0 Å². The fraction of sp³-hybridized carbons (Fsp3) is 0.400. The van der Waals surface area contributed by atoms with Gasteiger partial charge < -0.3 is 20.8 Å². The van der Waals surface area contributed by atoms with Crippen LogP contribution < -0.4 is 10.6 Å². The molecule has 1 fully saturated rings. The Bertz CT molecular complexity index is 784. The Morgan fingerprint density at radius 3 is 2.42 bits per heavy atom. The molecular formula is C20H24N2O4. The minimum absolute atomic E-state index is 0.0107. The summed E-state index contributed by atoms with van der Waals surface area (Å²) in [7, 11) is 0. The molecule has 2 amide bonds. The standard InChI is InChI=1S/C20H24N2O4/c23-18(16-6-5-13-3-1-2-4-15(13)11-16)12-21-20(26)22-17-9-7-14(8-10-17)19(24)25/h1-6,11,14,17-18,23H,7-10,12H2,(H,24,25)(H2,21,22,26). The summed E-state index contributed by atoms with van der Waals surface area (Å²) < 4.78 is 0. The van der Waals surface area contributed by atoms with E-state index in [1.54, 1.807) is 0 Å². The molecule has 138 valence electrons. The lowest BCUT2D eigenvalue weighted by Crippen LogP contribution is -2.45. The number of rotatable bonds is 5. The summed E-state index contributed by atoms with van der Waals surface area (Å²) in [5, 5.41) is 27.0. The van der Waals surface area contributed by atoms with Gasteiger partial charge in [-0.15, -0.1) is 0 Å². The smallest absolute Gasteiger partial charge is 0.315 e. The van der Waals surface area contributed by atoms with E-state index >= 15 is 0 Å². The second-order valence-corrected chi connectivity index (χ2v) is 6.86. The van der Waals surface area contributed by atoms with Gasteiger partial charge in [0, 0.05) is 12.6 Å². The number of aliphatic hydroxyl groups excluding tert-OH is 1. The molecule has 3 rings (SSSR count). The molecule has 6 nitrogen and oxygen atoms in total. The number of carbonyl (C=O) groups excluding carboxylic acids is 1. The van der Waals surface area contributed by atoms with E-state index in [1.165, 1.54) is 0 Å². The van der Waals surface area contributed by atoms with Crippen LogP contribution >= 0.6 is 0 Å². The van der Waals surface area contributed by atoms with Crippen molar-refractivity contribution in [3.8, 4) is 0 Å². The third-order valence-electron chi connectivity index (χ3n) is 5.03. The number of aliphatic carboxylic acids is 1. The Kier molecular flexibility index (Phi) is 5.73. The van der Waals surface area contributed by atoms with Crippen molar-refractivity contribution < 1.29 is 19.8 Å². The molecule has 0 heterocycles. The summed E-state index contributed by atoms with van der Waals surface area (Å²) in [6, 6.07) is 13.3. The SMILES string of the molecule is O=C(NCC(O)c1ccc2ccccc2c1)NC1CCC(C(=O)O)CC1. The highest BCUT2D eigenvalue weighted by molar-refractivity contribution is 5.83. The first-order valence-corrected chi connectivity index (χ1v) is 8.97. The van der Waals surface area contributed by atoms with E-state index < -0.39 is 12.1 Å². The Morgan fingerprint density at radius 1 is 1.04 bits per heavy atom. The van der Waals surface area contributed by atoms with E-state index in [2.05, 4.69) is 10.6 Å². The minimum Gasteiger partial charge on any atom is -0.481 e. The number of benzene rings is 2. The zero-order chi connectivity index (χ0) is 18.5. The number of fused-ring (bicyclic) bond motifs is 1. The van der Waals surface area contributed by atoms with Gasteiger partial charge in [-0.25, -0.2) is 4.79 Å². The van der Waals surface area contributed by atoms with Gasteiger partial charge in [-0.1, -0.05) is 36.4 Å². The predicted molar refractivity (Wildman–Crippen MR) is 98.8 cm³/mol. The Morgan fingerprint density at radius 2 is 1.73 bits per heavy atom. The van der Waals surface area contributed by atoms with Crippen LogP contribution in [0, 0.1) is 5.92 Å². The number of aliphatic hydroxyl groups is 1. The predicted octanol–water partition coefficient (Wildman–Crippen LogP) is 2.82. The molecule has 1 aliphatic carbocycles. The van der Waals surface area contributed by atoms with Crippen molar-refractivity contribution in [3.05, 3.63) is 48.0 Å². The van der Waals surface area contributed by atoms with E-state index in [4.69, 9.17) is 5.11 Å². The summed E-state index contributed by atoms with van der Waals surface area (Å²) in [6.07, 6.45) is 1.71. The molecule has 0 radical (unpaired) electrons. The van der Waals surface area contributed by atoms with Crippen molar-refractivity contribution in [1.82, 2.24) is 10.6 Å².